The molecule has 43 heavy (non-hydrogen) atoms. The first-order valence-corrected chi connectivity index (χ1v) is 16.1. The summed E-state index contributed by atoms with van der Waals surface area (Å²) in [6, 6.07) is -1.70. The van der Waals surface area contributed by atoms with E-state index in [0.717, 1.165) is 70.6 Å². The van der Waals surface area contributed by atoms with Gasteiger partial charge in [-0.25, -0.2) is 4.89 Å². The molecule has 0 spiro atoms. The highest BCUT2D eigenvalue weighted by atomic mass is 17.1. The van der Waals surface area contributed by atoms with Gasteiger partial charge in [0.05, 0.1) is 25.0 Å². The molecule has 4 fully saturated rings. The van der Waals surface area contributed by atoms with Crippen LogP contribution in [0.1, 0.15) is 96.3 Å². The molecule has 6 atom stereocenters. The summed E-state index contributed by atoms with van der Waals surface area (Å²) in [5.74, 6) is -2.94. The second kappa shape index (κ2) is 16.1. The lowest BCUT2D eigenvalue weighted by atomic mass is 9.74. The predicted molar refractivity (Wildman–Crippen MR) is 153 cm³/mol. The summed E-state index contributed by atoms with van der Waals surface area (Å²) < 4.78 is 0. The third-order valence-corrected chi connectivity index (χ3v) is 10.7. The summed E-state index contributed by atoms with van der Waals surface area (Å²) in [5, 5.41) is 44.4. The van der Waals surface area contributed by atoms with Crippen molar-refractivity contribution in [2.45, 2.75) is 120 Å². The Bertz CT molecular complexity index is 954. The van der Waals surface area contributed by atoms with Crippen molar-refractivity contribution >= 4 is 11.9 Å². The van der Waals surface area contributed by atoms with E-state index in [-0.39, 0.29) is 47.8 Å². The Morgan fingerprint density at radius 2 is 1.35 bits per heavy atom. The number of nitrogens with zero attached hydrogens (tertiary/aromatic N) is 2. The standard InChI is InChI=1S/C29H48N4O10/c34-28(23-4-2-6-26(33(39)40)27(23)29(35)36)30-21-11-7-18(8-12-21)15-19-9-13-22(14-10-19)31-42-16-20-3-1-5-25(32(37)38)24(20)17-43-41/h18-27,31,41H,1-17H2,(H,30,34)(H,35,36). The SMILES string of the molecule is O=C(NC1CCC(CC2CCC(NOCC3CCCC([N+](=O)[O-])C3COO)CC2)CC1)C1CCCC([N+](=O)[O-])C1C(=O)O. The Hall–Kier alpha value is -2.42. The molecule has 0 aromatic carbocycles. The van der Waals surface area contributed by atoms with E-state index in [9.17, 15) is 34.9 Å². The van der Waals surface area contributed by atoms with Gasteiger partial charge in [0.1, 0.15) is 5.92 Å². The minimum absolute atomic E-state index is 0.0143. The molecule has 14 heteroatoms. The number of nitrogens with one attached hydrogen (secondary N) is 2. The van der Waals surface area contributed by atoms with Crippen LogP contribution in [0.3, 0.4) is 0 Å². The second-order valence-corrected chi connectivity index (χ2v) is 13.4. The molecular weight excluding hydrogens is 564 g/mol. The highest BCUT2D eigenvalue weighted by Crippen LogP contribution is 2.37. The van der Waals surface area contributed by atoms with Crippen LogP contribution in [0.4, 0.5) is 0 Å². The monoisotopic (exact) mass is 612 g/mol. The van der Waals surface area contributed by atoms with Crippen LogP contribution in [-0.2, 0) is 19.3 Å². The van der Waals surface area contributed by atoms with Crippen molar-refractivity contribution in [2.24, 2.45) is 35.5 Å². The molecule has 0 aromatic heterocycles. The highest BCUT2D eigenvalue weighted by molar-refractivity contribution is 5.85. The second-order valence-electron chi connectivity index (χ2n) is 13.4. The quantitative estimate of drug-likeness (QED) is 0.134. The van der Waals surface area contributed by atoms with E-state index in [1.54, 1.807) is 0 Å². The molecule has 4 aliphatic rings. The zero-order valence-electron chi connectivity index (χ0n) is 24.8. The molecule has 4 rings (SSSR count). The summed E-state index contributed by atoms with van der Waals surface area (Å²) in [6.07, 6.45) is 12.1. The number of nitro groups is 2. The molecule has 14 nitrogen and oxygen atoms in total. The van der Waals surface area contributed by atoms with E-state index in [2.05, 4.69) is 15.7 Å². The van der Waals surface area contributed by atoms with E-state index < -0.39 is 34.8 Å². The Morgan fingerprint density at radius 3 is 1.93 bits per heavy atom. The van der Waals surface area contributed by atoms with E-state index in [1.165, 1.54) is 0 Å². The van der Waals surface area contributed by atoms with E-state index >= 15 is 0 Å². The molecule has 0 saturated heterocycles. The van der Waals surface area contributed by atoms with Crippen molar-refractivity contribution in [2.75, 3.05) is 13.2 Å². The van der Waals surface area contributed by atoms with Gasteiger partial charge in [0.15, 0.2) is 0 Å². The number of hydrogen-bond donors (Lipinski definition) is 4. The van der Waals surface area contributed by atoms with Crippen LogP contribution in [0.5, 0.6) is 0 Å². The number of carboxylic acids is 1. The molecule has 4 N–H and O–H groups in total. The average molecular weight is 613 g/mol. The van der Waals surface area contributed by atoms with Gasteiger partial charge in [-0.05, 0) is 101 Å². The molecule has 4 saturated carbocycles. The van der Waals surface area contributed by atoms with Gasteiger partial charge in [-0.3, -0.25) is 35.1 Å². The maximum Gasteiger partial charge on any atom is 0.314 e. The third kappa shape index (κ3) is 9.05. The Balaban J connectivity index is 1.12. The van der Waals surface area contributed by atoms with Gasteiger partial charge in [0.2, 0.25) is 18.0 Å². The largest absolute Gasteiger partial charge is 0.481 e. The molecule has 0 bridgehead atoms. The fourth-order valence-electron chi connectivity index (χ4n) is 8.29. The maximum atomic E-state index is 13.0. The van der Waals surface area contributed by atoms with Crippen molar-refractivity contribution in [1.29, 1.82) is 0 Å². The summed E-state index contributed by atoms with van der Waals surface area (Å²) in [6.45, 7) is 0.293. The lowest BCUT2D eigenvalue weighted by Crippen LogP contribution is -2.50. The highest BCUT2D eigenvalue weighted by Gasteiger charge is 2.48. The number of aliphatic carboxylic acids is 1. The molecule has 1 amide bonds. The summed E-state index contributed by atoms with van der Waals surface area (Å²) in [4.78, 5) is 56.9. The smallest absolute Gasteiger partial charge is 0.314 e. The first-order valence-electron chi connectivity index (χ1n) is 16.1. The van der Waals surface area contributed by atoms with E-state index in [0.29, 0.717) is 37.7 Å². The zero-order chi connectivity index (χ0) is 30.9. The normalized spacial score (nSPS) is 36.9. The average Bonchev–Trinajstić information content (AvgIpc) is 2.99. The molecule has 0 heterocycles. The minimum Gasteiger partial charge on any atom is -0.481 e. The van der Waals surface area contributed by atoms with Crippen LogP contribution in [0.25, 0.3) is 0 Å². The van der Waals surface area contributed by atoms with Gasteiger partial charge in [0.25, 0.3) is 0 Å². The molecular formula is C29H48N4O10. The molecule has 4 aliphatic carbocycles. The number of hydrogen-bond acceptors (Lipinski definition) is 10. The van der Waals surface area contributed by atoms with Crippen LogP contribution >= 0.6 is 0 Å². The summed E-state index contributed by atoms with van der Waals surface area (Å²) >= 11 is 0. The van der Waals surface area contributed by atoms with Gasteiger partial charge in [-0.2, -0.15) is 5.48 Å². The lowest BCUT2D eigenvalue weighted by Gasteiger charge is -2.36. The van der Waals surface area contributed by atoms with Crippen molar-refractivity contribution in [3.8, 4) is 0 Å². The Labute approximate surface area is 251 Å². The number of hydroxylamine groups is 1. The third-order valence-electron chi connectivity index (χ3n) is 10.7. The van der Waals surface area contributed by atoms with Gasteiger partial charge in [-0.1, -0.05) is 0 Å². The number of carbonyl (C=O) groups is 2. The molecule has 244 valence electrons. The van der Waals surface area contributed by atoms with Crippen molar-refractivity contribution < 1.29 is 39.5 Å². The number of carbonyl (C=O) groups excluding carboxylic acids is 1. The number of rotatable bonds is 13. The van der Waals surface area contributed by atoms with Crippen LogP contribution in [0.15, 0.2) is 0 Å². The van der Waals surface area contributed by atoms with E-state index in [4.69, 9.17) is 10.1 Å². The van der Waals surface area contributed by atoms with Crippen LogP contribution in [0, 0.1) is 55.7 Å². The lowest BCUT2D eigenvalue weighted by molar-refractivity contribution is -0.541. The van der Waals surface area contributed by atoms with E-state index in [1.807, 2.05) is 0 Å². The molecule has 6 unspecified atom stereocenters. The minimum atomic E-state index is -1.28. The molecule has 0 radical (unpaired) electrons. The Kier molecular flexibility index (Phi) is 12.5. The van der Waals surface area contributed by atoms with Gasteiger partial charge in [0, 0.05) is 34.8 Å². The maximum absolute atomic E-state index is 13.0. The first kappa shape index (κ1) is 33.5. The number of amides is 1. The van der Waals surface area contributed by atoms with Crippen molar-refractivity contribution in [3.63, 3.8) is 0 Å². The fraction of sp³-hybridized carbons (Fsp3) is 0.931. The van der Waals surface area contributed by atoms with Crippen molar-refractivity contribution in [3.05, 3.63) is 20.2 Å². The molecule has 0 aliphatic heterocycles. The van der Waals surface area contributed by atoms with Crippen LogP contribution in [0.2, 0.25) is 0 Å². The topological polar surface area (TPSA) is 203 Å². The van der Waals surface area contributed by atoms with Gasteiger partial charge >= 0.3 is 5.97 Å². The predicted octanol–water partition coefficient (Wildman–Crippen LogP) is 3.83. The number of carboxylic acid groups (broad SMARTS) is 1. The zero-order valence-corrected chi connectivity index (χ0v) is 24.8. The summed E-state index contributed by atoms with van der Waals surface area (Å²) in [5.41, 5.74) is 3.18. The first-order chi connectivity index (χ1) is 20.7. The molecule has 0 aromatic rings. The van der Waals surface area contributed by atoms with Crippen molar-refractivity contribution in [1.82, 2.24) is 10.8 Å². The summed E-state index contributed by atoms with van der Waals surface area (Å²) in [7, 11) is 0. The van der Waals surface area contributed by atoms with Crippen LogP contribution < -0.4 is 10.8 Å². The van der Waals surface area contributed by atoms with Gasteiger partial charge in [-0.15, -0.1) is 0 Å². The Morgan fingerprint density at radius 1 is 0.767 bits per heavy atom. The van der Waals surface area contributed by atoms with Crippen LogP contribution in [-0.4, -0.2) is 69.5 Å². The van der Waals surface area contributed by atoms with Gasteiger partial charge < -0.3 is 15.3 Å². The fourth-order valence-corrected chi connectivity index (χ4v) is 8.29.